The number of nitrogens with one attached hydrogen (secondary N) is 2. The van der Waals surface area contributed by atoms with Gasteiger partial charge in [0.25, 0.3) is 5.91 Å². The van der Waals surface area contributed by atoms with Gasteiger partial charge in [0.2, 0.25) is 5.91 Å². The highest BCUT2D eigenvalue weighted by Crippen LogP contribution is 2.36. The van der Waals surface area contributed by atoms with Gasteiger partial charge in [0.05, 0.1) is 24.0 Å². The topological polar surface area (TPSA) is 189 Å². The van der Waals surface area contributed by atoms with Gasteiger partial charge in [-0.1, -0.05) is 0 Å². The van der Waals surface area contributed by atoms with E-state index in [0.29, 0.717) is 0 Å². The van der Waals surface area contributed by atoms with Crippen LogP contribution in [0.2, 0.25) is 0 Å². The zero-order chi connectivity index (χ0) is 23.9. The number of aromatic carboxylic acids is 1. The fraction of sp³-hybridized carbons (Fsp3) is 0.312. The fourth-order valence-electron chi connectivity index (χ4n) is 2.03. The van der Waals surface area contributed by atoms with Crippen LogP contribution in [0.5, 0.6) is 0 Å². The molecular formula is C16H15I3N2O10. The molecule has 0 aliphatic rings. The first kappa shape index (κ1) is 27.7. The number of hydrogen-bond acceptors (Lipinski definition) is 8. The van der Waals surface area contributed by atoms with E-state index in [1.54, 1.807) is 67.8 Å². The van der Waals surface area contributed by atoms with Gasteiger partial charge in [-0.3, -0.25) is 14.4 Å². The van der Waals surface area contributed by atoms with E-state index in [0.717, 1.165) is 0 Å². The number of aliphatic carboxylic acids is 1. The monoisotopic (exact) mass is 776 g/mol. The molecule has 0 heterocycles. The van der Waals surface area contributed by atoms with E-state index in [-0.39, 0.29) is 34.1 Å². The molecular weight excluding hydrogens is 761 g/mol. The highest BCUT2D eigenvalue weighted by molar-refractivity contribution is 14.1. The molecule has 0 fully saturated rings. The molecule has 1 rings (SSSR count). The van der Waals surface area contributed by atoms with Crippen LogP contribution in [0.15, 0.2) is 0 Å². The van der Waals surface area contributed by atoms with Gasteiger partial charge in [-0.2, -0.15) is 0 Å². The van der Waals surface area contributed by atoms with Gasteiger partial charge >= 0.3 is 17.9 Å². The Balaban J connectivity index is 3.22. The lowest BCUT2D eigenvalue weighted by atomic mass is 10.1. The molecule has 12 nitrogen and oxygen atoms in total. The number of hydrogen-bond donors (Lipinski definition) is 5. The molecule has 0 radical (unpaired) electrons. The number of amides is 2. The van der Waals surface area contributed by atoms with Crippen molar-refractivity contribution in [2.24, 2.45) is 0 Å². The first-order valence-electron chi connectivity index (χ1n) is 7.99. The van der Waals surface area contributed by atoms with Crippen LogP contribution in [0.4, 0.5) is 5.69 Å². The molecule has 0 aromatic heterocycles. The number of anilines is 1. The lowest BCUT2D eigenvalue weighted by Gasteiger charge is -2.18. The molecule has 1 unspecified atom stereocenters. The number of rotatable bonds is 10. The van der Waals surface area contributed by atoms with Gasteiger partial charge in [-0.05, 0) is 67.8 Å². The van der Waals surface area contributed by atoms with Crippen molar-refractivity contribution in [3.63, 3.8) is 0 Å². The number of benzene rings is 1. The van der Waals surface area contributed by atoms with Crippen LogP contribution in [0, 0.1) is 10.7 Å². The standard InChI is InChI=1S/C16H15I3N2O10/c1-30-4-6(23)21-13-11(18)8(15(27)28)10(17)9(12(13)19)16(29)31-3-5(22)14(26)20-2-7(24)25/h5,22H,2-4H2,1H3,(H,20,26)(H,21,23)(H,24,25)(H,27,28). The van der Waals surface area contributed by atoms with Gasteiger partial charge in [-0.15, -0.1) is 0 Å². The lowest BCUT2D eigenvalue weighted by Crippen LogP contribution is -2.40. The third-order valence-electron chi connectivity index (χ3n) is 3.36. The molecule has 0 saturated carbocycles. The number of carboxylic acids is 2. The maximum Gasteiger partial charge on any atom is 0.340 e. The van der Waals surface area contributed by atoms with Gasteiger partial charge in [0, 0.05) is 10.7 Å². The first-order valence-corrected chi connectivity index (χ1v) is 11.2. The number of aliphatic hydroxyl groups is 1. The van der Waals surface area contributed by atoms with Crippen LogP contribution in [-0.4, -0.2) is 78.0 Å². The number of ether oxygens (including phenoxy) is 2. The van der Waals surface area contributed by atoms with Crippen LogP contribution in [0.3, 0.4) is 0 Å². The maximum absolute atomic E-state index is 12.6. The van der Waals surface area contributed by atoms with Crippen molar-refractivity contribution < 1.29 is 48.8 Å². The van der Waals surface area contributed by atoms with Crippen molar-refractivity contribution in [3.8, 4) is 0 Å². The summed E-state index contributed by atoms with van der Waals surface area (Å²) in [5.41, 5.74) is -0.376. The minimum atomic E-state index is -1.85. The Morgan fingerprint density at radius 2 is 1.58 bits per heavy atom. The molecule has 0 bridgehead atoms. The molecule has 0 spiro atoms. The van der Waals surface area contributed by atoms with Gasteiger partial charge in [0.1, 0.15) is 19.8 Å². The third-order valence-corrected chi connectivity index (χ3v) is 6.60. The van der Waals surface area contributed by atoms with E-state index < -0.39 is 49.0 Å². The number of carboxylic acid groups (broad SMARTS) is 2. The summed E-state index contributed by atoms with van der Waals surface area (Å²) >= 11 is 5.10. The average Bonchev–Trinajstić information content (AvgIpc) is 2.67. The Bertz CT molecular complexity index is 922. The summed E-state index contributed by atoms with van der Waals surface area (Å²) in [7, 11) is 1.30. The van der Waals surface area contributed by atoms with Crippen LogP contribution in [0.1, 0.15) is 20.7 Å². The first-order chi connectivity index (χ1) is 14.4. The molecule has 170 valence electrons. The second-order valence-electron chi connectivity index (χ2n) is 5.58. The normalized spacial score (nSPS) is 11.4. The Kier molecular flexibility index (Phi) is 11.3. The van der Waals surface area contributed by atoms with Crippen molar-refractivity contribution in [1.82, 2.24) is 5.32 Å². The fourth-order valence-corrected chi connectivity index (χ4v) is 6.37. The van der Waals surface area contributed by atoms with Crippen LogP contribution in [0.25, 0.3) is 0 Å². The average molecular weight is 776 g/mol. The summed E-state index contributed by atoms with van der Waals surface area (Å²) in [6, 6.07) is 0. The Morgan fingerprint density at radius 1 is 1.00 bits per heavy atom. The number of halogens is 3. The van der Waals surface area contributed by atoms with E-state index in [1.165, 1.54) is 7.11 Å². The number of esters is 1. The number of aliphatic hydroxyl groups excluding tert-OH is 1. The number of carbonyl (C=O) groups is 5. The van der Waals surface area contributed by atoms with Crippen molar-refractivity contribution in [2.75, 3.05) is 32.2 Å². The molecule has 1 aromatic rings. The smallest absolute Gasteiger partial charge is 0.340 e. The van der Waals surface area contributed by atoms with E-state index >= 15 is 0 Å². The quantitative estimate of drug-likeness (QED) is 0.166. The molecule has 31 heavy (non-hydrogen) atoms. The minimum Gasteiger partial charge on any atom is -0.480 e. The molecule has 0 aliphatic heterocycles. The second-order valence-corrected chi connectivity index (χ2v) is 8.82. The second kappa shape index (κ2) is 12.6. The van der Waals surface area contributed by atoms with E-state index in [2.05, 4.69) is 5.32 Å². The van der Waals surface area contributed by atoms with Crippen LogP contribution < -0.4 is 10.6 Å². The molecule has 2 amide bonds. The molecule has 0 saturated heterocycles. The summed E-state index contributed by atoms with van der Waals surface area (Å²) in [5, 5.41) is 32.2. The van der Waals surface area contributed by atoms with Gasteiger partial charge in [-0.25, -0.2) is 9.59 Å². The predicted molar refractivity (Wildman–Crippen MR) is 129 cm³/mol. The lowest BCUT2D eigenvalue weighted by molar-refractivity contribution is -0.140. The molecule has 5 N–H and O–H groups in total. The molecule has 15 heteroatoms. The SMILES string of the molecule is COCC(=O)Nc1c(I)c(C(=O)O)c(I)c(C(=O)OCC(O)C(=O)NCC(=O)O)c1I. The van der Waals surface area contributed by atoms with Crippen LogP contribution >= 0.6 is 67.8 Å². The molecule has 1 aromatic carbocycles. The van der Waals surface area contributed by atoms with Gasteiger partial charge in [0.15, 0.2) is 6.10 Å². The summed E-state index contributed by atoms with van der Waals surface area (Å²) in [4.78, 5) is 58.3. The molecule has 0 aliphatic carbocycles. The largest absolute Gasteiger partial charge is 0.480 e. The van der Waals surface area contributed by atoms with Gasteiger partial charge < -0.3 is 35.4 Å². The van der Waals surface area contributed by atoms with Crippen LogP contribution in [-0.2, 0) is 23.9 Å². The summed E-state index contributed by atoms with van der Waals surface area (Å²) in [5.74, 6) is -5.39. The third kappa shape index (κ3) is 7.64. The zero-order valence-corrected chi connectivity index (χ0v) is 22.0. The number of methoxy groups -OCH3 is 1. The van der Waals surface area contributed by atoms with Crippen molar-refractivity contribution in [3.05, 3.63) is 21.8 Å². The van der Waals surface area contributed by atoms with E-state index in [9.17, 15) is 34.2 Å². The molecule has 1 atom stereocenters. The zero-order valence-electron chi connectivity index (χ0n) is 15.5. The van der Waals surface area contributed by atoms with E-state index in [4.69, 9.17) is 14.6 Å². The maximum atomic E-state index is 12.6. The Hall–Kier alpha value is -1.32. The predicted octanol–water partition coefficient (Wildman–Crippen LogP) is 0.502. The Labute approximate surface area is 215 Å². The summed E-state index contributed by atoms with van der Waals surface area (Å²) in [6.45, 7) is -1.85. The van der Waals surface area contributed by atoms with Crippen molar-refractivity contribution >= 4 is 103 Å². The van der Waals surface area contributed by atoms with Crippen molar-refractivity contribution in [1.29, 1.82) is 0 Å². The van der Waals surface area contributed by atoms with E-state index in [1.807, 2.05) is 5.32 Å². The summed E-state index contributed by atoms with van der Waals surface area (Å²) in [6.07, 6.45) is -1.85. The van der Waals surface area contributed by atoms with Crippen molar-refractivity contribution in [2.45, 2.75) is 6.10 Å². The highest BCUT2D eigenvalue weighted by Gasteiger charge is 2.30. The highest BCUT2D eigenvalue weighted by atomic mass is 127. The minimum absolute atomic E-state index is 0.0264. The number of carbonyl (C=O) groups excluding carboxylic acids is 3. The Morgan fingerprint density at radius 3 is 2.10 bits per heavy atom. The summed E-state index contributed by atoms with van der Waals surface area (Å²) < 4.78 is 10.0.